The van der Waals surface area contributed by atoms with Gasteiger partial charge in [-0.2, -0.15) is 0 Å². The lowest BCUT2D eigenvalue weighted by Crippen LogP contribution is -2.30. The molecule has 1 atom stereocenters. The quantitative estimate of drug-likeness (QED) is 0.316. The van der Waals surface area contributed by atoms with Crippen LogP contribution in [0, 0.1) is 5.41 Å². The van der Waals surface area contributed by atoms with Crippen molar-refractivity contribution in [3.8, 4) is 11.5 Å². The highest BCUT2D eigenvalue weighted by Crippen LogP contribution is 2.36. The maximum absolute atomic E-state index is 13.5. The third-order valence-corrected chi connectivity index (χ3v) is 7.04. The number of aryl methyl sites for hydroxylation is 1. The number of nitrogens with one attached hydrogen (secondary N) is 2. The number of phenolic OH excluding ortho intramolecular Hbond substituents is 1. The number of nitrogens with zero attached hydrogens (tertiary/aromatic N) is 2. The number of ether oxygens (including phenoxy) is 2. The van der Waals surface area contributed by atoms with Gasteiger partial charge in [0.1, 0.15) is 23.9 Å². The number of Topliss-reactive ketones (excluding diaryl/α,β-unsaturated/α-hetero) is 1. The van der Waals surface area contributed by atoms with E-state index in [0.717, 1.165) is 5.56 Å². The highest BCUT2D eigenvalue weighted by molar-refractivity contribution is 6.08. The lowest BCUT2D eigenvalue weighted by molar-refractivity contribution is -0.143. The average molecular weight is 539 g/mol. The Bertz CT molecular complexity index is 1310. The van der Waals surface area contributed by atoms with E-state index >= 15 is 0 Å². The van der Waals surface area contributed by atoms with Crippen LogP contribution in [-0.2, 0) is 22.5 Å². The molecule has 208 valence electrons. The van der Waals surface area contributed by atoms with Gasteiger partial charge in [0.15, 0.2) is 5.78 Å². The van der Waals surface area contributed by atoms with Gasteiger partial charge >= 0.3 is 5.97 Å². The van der Waals surface area contributed by atoms with Crippen molar-refractivity contribution in [2.45, 2.75) is 39.3 Å². The Kier molecular flexibility index (Phi) is 8.39. The second-order valence-electron chi connectivity index (χ2n) is 9.56. The third kappa shape index (κ3) is 5.83. The summed E-state index contributed by atoms with van der Waals surface area (Å²) in [6.45, 7) is 4.96. The highest BCUT2D eigenvalue weighted by atomic mass is 16.5. The molecule has 2 aliphatic rings. The van der Waals surface area contributed by atoms with Crippen molar-refractivity contribution in [3.63, 3.8) is 0 Å². The predicted molar refractivity (Wildman–Crippen MR) is 144 cm³/mol. The van der Waals surface area contributed by atoms with Crippen LogP contribution in [-0.4, -0.2) is 84.6 Å². The Balaban J connectivity index is 1.54. The summed E-state index contributed by atoms with van der Waals surface area (Å²) in [4.78, 5) is 40.3. The van der Waals surface area contributed by atoms with Crippen molar-refractivity contribution < 1.29 is 34.1 Å². The van der Waals surface area contributed by atoms with Crippen molar-refractivity contribution >= 4 is 29.2 Å². The number of carboxylic acid groups (broad SMARTS) is 1. The van der Waals surface area contributed by atoms with E-state index in [0.29, 0.717) is 72.8 Å². The topological polar surface area (TPSA) is 152 Å². The number of phenols is 1. The molecular formula is C28H34N4O7. The molecule has 0 bridgehead atoms. The molecule has 0 saturated carbocycles. The molecule has 4 rings (SSSR count). The lowest BCUT2D eigenvalue weighted by Gasteiger charge is -2.23. The summed E-state index contributed by atoms with van der Waals surface area (Å²) in [6, 6.07) is 6.72. The van der Waals surface area contributed by atoms with Crippen LogP contribution >= 0.6 is 0 Å². The van der Waals surface area contributed by atoms with Crippen LogP contribution in [0.15, 0.2) is 24.3 Å². The fourth-order valence-electron chi connectivity index (χ4n) is 5.04. The Hall–Kier alpha value is -4.12. The molecule has 2 aromatic carbocycles. The summed E-state index contributed by atoms with van der Waals surface area (Å²) in [5, 5.41) is 31.1. The fourth-order valence-corrected chi connectivity index (χ4v) is 5.04. The lowest BCUT2D eigenvalue weighted by atomic mass is 10.0. The number of carboxylic acids is 1. The number of anilines is 1. The number of carbonyl (C=O) groups is 3. The molecule has 1 unspecified atom stereocenters. The molecule has 0 spiro atoms. The minimum atomic E-state index is -1.04. The van der Waals surface area contributed by atoms with E-state index in [1.165, 1.54) is 7.05 Å². The van der Waals surface area contributed by atoms with E-state index in [-0.39, 0.29) is 42.5 Å². The molecule has 0 radical (unpaired) electrons. The van der Waals surface area contributed by atoms with Crippen LogP contribution in [0.2, 0.25) is 0 Å². The summed E-state index contributed by atoms with van der Waals surface area (Å²) < 4.78 is 11.1. The normalized spacial score (nSPS) is 16.4. The standard InChI is InChI=1S/C28H34N4O7/c1-4-16-8-17(9-22(26(16)36)31-7-6-19(13-31)39-15-25(34)35)23(33)14-32-12-18-10-24(38-5-2)21(28(37)30-3)11-20(18)27(32)29/h8-11,19,29,36H,4-7,12-15H2,1-3H3,(H,30,37)(H,34,35). The van der Waals surface area contributed by atoms with Gasteiger partial charge in [0, 0.05) is 37.8 Å². The van der Waals surface area contributed by atoms with Gasteiger partial charge < -0.3 is 34.8 Å². The van der Waals surface area contributed by atoms with Gasteiger partial charge in [0.2, 0.25) is 0 Å². The fraction of sp³-hybridized carbons (Fsp3) is 0.429. The Morgan fingerprint density at radius 1 is 1.18 bits per heavy atom. The highest BCUT2D eigenvalue weighted by Gasteiger charge is 2.31. The van der Waals surface area contributed by atoms with Crippen molar-refractivity contribution in [3.05, 3.63) is 52.1 Å². The second-order valence-corrected chi connectivity index (χ2v) is 9.56. The number of fused-ring (bicyclic) bond motifs is 1. The Morgan fingerprint density at radius 3 is 2.62 bits per heavy atom. The summed E-state index contributed by atoms with van der Waals surface area (Å²) in [5.74, 6) is -0.879. The zero-order chi connectivity index (χ0) is 28.3. The smallest absolute Gasteiger partial charge is 0.329 e. The van der Waals surface area contributed by atoms with E-state index in [4.69, 9.17) is 20.0 Å². The number of hydrogen-bond acceptors (Lipinski definition) is 8. The summed E-state index contributed by atoms with van der Waals surface area (Å²) in [7, 11) is 1.53. The molecule has 2 aromatic rings. The SMILES string of the molecule is CCOc1cc2c(cc1C(=O)NC)C(=N)N(CC(=O)c1cc(CC)c(O)c(N3CCC(OCC(=O)O)C3)c1)C2. The van der Waals surface area contributed by atoms with Crippen molar-refractivity contribution in [2.24, 2.45) is 0 Å². The van der Waals surface area contributed by atoms with Crippen LogP contribution in [0.3, 0.4) is 0 Å². The van der Waals surface area contributed by atoms with Gasteiger partial charge in [0.25, 0.3) is 5.91 Å². The number of rotatable bonds is 11. The second kappa shape index (κ2) is 11.7. The first-order chi connectivity index (χ1) is 18.7. The molecule has 39 heavy (non-hydrogen) atoms. The molecule has 11 nitrogen and oxygen atoms in total. The number of ketones is 1. The number of aromatic hydroxyl groups is 1. The number of hydrogen-bond donors (Lipinski definition) is 4. The summed E-state index contributed by atoms with van der Waals surface area (Å²) >= 11 is 0. The number of amides is 1. The summed E-state index contributed by atoms with van der Waals surface area (Å²) in [5.41, 5.74) is 3.27. The van der Waals surface area contributed by atoms with Crippen molar-refractivity contribution in [1.29, 1.82) is 5.41 Å². The Labute approximate surface area is 226 Å². The first kappa shape index (κ1) is 27.9. The van der Waals surface area contributed by atoms with Crippen LogP contribution in [0.1, 0.15) is 57.7 Å². The number of benzene rings is 2. The van der Waals surface area contributed by atoms with E-state index < -0.39 is 5.97 Å². The summed E-state index contributed by atoms with van der Waals surface area (Å²) in [6.07, 6.45) is 0.840. The van der Waals surface area contributed by atoms with E-state index in [1.54, 1.807) is 29.2 Å². The molecule has 0 aliphatic carbocycles. The predicted octanol–water partition coefficient (Wildman–Crippen LogP) is 2.42. The number of aliphatic carboxylic acids is 1. The molecule has 0 aromatic heterocycles. The van der Waals surface area contributed by atoms with Crippen LogP contribution in [0.25, 0.3) is 0 Å². The van der Waals surface area contributed by atoms with Crippen molar-refractivity contribution in [1.82, 2.24) is 10.2 Å². The van der Waals surface area contributed by atoms with E-state index in [9.17, 15) is 19.5 Å². The molecule has 1 fully saturated rings. The minimum Gasteiger partial charge on any atom is -0.505 e. The number of carbonyl (C=O) groups excluding carboxylic acids is 2. The Morgan fingerprint density at radius 2 is 1.95 bits per heavy atom. The van der Waals surface area contributed by atoms with Gasteiger partial charge in [-0.15, -0.1) is 0 Å². The van der Waals surface area contributed by atoms with Crippen LogP contribution in [0.5, 0.6) is 11.5 Å². The average Bonchev–Trinajstić information content (AvgIpc) is 3.51. The minimum absolute atomic E-state index is 0.0511. The molecule has 4 N–H and O–H groups in total. The van der Waals surface area contributed by atoms with Crippen LogP contribution < -0.4 is 15.0 Å². The molecule has 2 heterocycles. The molecule has 1 amide bonds. The molecule has 1 saturated heterocycles. The van der Waals surface area contributed by atoms with Gasteiger partial charge in [-0.1, -0.05) is 6.92 Å². The zero-order valence-corrected chi connectivity index (χ0v) is 22.4. The van der Waals surface area contributed by atoms with Gasteiger partial charge in [-0.25, -0.2) is 4.79 Å². The van der Waals surface area contributed by atoms with Crippen molar-refractivity contribution in [2.75, 3.05) is 44.8 Å². The molecule has 2 aliphatic heterocycles. The first-order valence-corrected chi connectivity index (χ1v) is 13.0. The monoisotopic (exact) mass is 538 g/mol. The zero-order valence-electron chi connectivity index (χ0n) is 22.4. The largest absolute Gasteiger partial charge is 0.505 e. The van der Waals surface area contributed by atoms with Crippen LogP contribution in [0.4, 0.5) is 5.69 Å². The van der Waals surface area contributed by atoms with E-state index in [2.05, 4.69) is 5.32 Å². The number of amidine groups is 1. The molecular weight excluding hydrogens is 504 g/mol. The van der Waals surface area contributed by atoms with Gasteiger partial charge in [-0.3, -0.25) is 15.0 Å². The van der Waals surface area contributed by atoms with E-state index in [1.807, 2.05) is 18.7 Å². The van der Waals surface area contributed by atoms with Gasteiger partial charge in [-0.05, 0) is 55.2 Å². The maximum atomic E-state index is 13.5. The van der Waals surface area contributed by atoms with Gasteiger partial charge in [0.05, 0.1) is 30.5 Å². The maximum Gasteiger partial charge on any atom is 0.329 e. The third-order valence-electron chi connectivity index (χ3n) is 7.04. The first-order valence-electron chi connectivity index (χ1n) is 13.0. The molecule has 11 heteroatoms.